The lowest BCUT2D eigenvalue weighted by Crippen LogP contribution is -2.56. The highest BCUT2D eigenvalue weighted by molar-refractivity contribution is 5.17. The number of morpholine rings is 1. The third-order valence-electron chi connectivity index (χ3n) is 5.95. The van der Waals surface area contributed by atoms with Crippen LogP contribution in [-0.2, 0) is 11.3 Å². The summed E-state index contributed by atoms with van der Waals surface area (Å²) in [4.78, 5) is 12.2. The number of piperidine rings is 1. The van der Waals surface area contributed by atoms with E-state index in [1.165, 1.54) is 5.69 Å². The van der Waals surface area contributed by atoms with E-state index in [1.807, 2.05) is 36.5 Å². The van der Waals surface area contributed by atoms with E-state index in [-0.39, 0.29) is 11.7 Å². The quantitative estimate of drug-likeness (QED) is 0.816. The van der Waals surface area contributed by atoms with Gasteiger partial charge in [0.05, 0.1) is 24.6 Å². The number of H-pyrrole nitrogens is 1. The fraction of sp³-hybridized carbons (Fsp3) is 0.571. The topological polar surface area (TPSA) is 64.6 Å². The first kappa shape index (κ1) is 18.6. The van der Waals surface area contributed by atoms with Crippen LogP contribution in [0.3, 0.4) is 0 Å². The zero-order chi connectivity index (χ0) is 18.5. The molecule has 0 amide bonds. The second-order valence-corrected chi connectivity index (χ2v) is 7.88. The monoisotopic (exact) mass is 370 g/mol. The van der Waals surface area contributed by atoms with Crippen LogP contribution in [0.15, 0.2) is 42.9 Å². The molecule has 2 N–H and O–H groups in total. The Kier molecular flexibility index (Phi) is 5.88. The molecule has 2 aromatic rings. The Balaban J connectivity index is 1.26. The zero-order valence-corrected chi connectivity index (χ0v) is 15.9. The highest BCUT2D eigenvalue weighted by Crippen LogP contribution is 2.31. The molecule has 3 heterocycles. The van der Waals surface area contributed by atoms with Crippen molar-refractivity contribution in [3.05, 3.63) is 54.1 Å². The van der Waals surface area contributed by atoms with Gasteiger partial charge in [-0.2, -0.15) is 0 Å². The minimum absolute atomic E-state index is 0.0135. The summed E-state index contributed by atoms with van der Waals surface area (Å²) in [6.07, 6.45) is 6.17. The van der Waals surface area contributed by atoms with E-state index >= 15 is 0 Å². The van der Waals surface area contributed by atoms with Crippen LogP contribution in [-0.4, -0.2) is 69.8 Å². The summed E-state index contributed by atoms with van der Waals surface area (Å²) in [7, 11) is 0. The molecule has 1 spiro atoms. The molecule has 2 aliphatic heterocycles. The van der Waals surface area contributed by atoms with Crippen molar-refractivity contribution in [1.29, 1.82) is 0 Å². The van der Waals surface area contributed by atoms with Crippen molar-refractivity contribution < 1.29 is 9.84 Å². The van der Waals surface area contributed by atoms with Gasteiger partial charge in [-0.15, -0.1) is 0 Å². The normalized spacial score (nSPS) is 22.1. The summed E-state index contributed by atoms with van der Waals surface area (Å²) in [5.74, 6) is 0. The van der Waals surface area contributed by atoms with E-state index in [0.29, 0.717) is 0 Å². The lowest BCUT2D eigenvalue weighted by atomic mass is 9.89. The lowest BCUT2D eigenvalue weighted by molar-refractivity contribution is -0.137. The highest BCUT2D eigenvalue weighted by Gasteiger charge is 2.39. The van der Waals surface area contributed by atoms with Gasteiger partial charge in [0.1, 0.15) is 0 Å². The first-order valence-electron chi connectivity index (χ1n) is 10.0. The molecule has 6 nitrogen and oxygen atoms in total. The Morgan fingerprint density at radius 2 is 1.96 bits per heavy atom. The molecule has 6 heteroatoms. The molecule has 1 aromatic heterocycles. The van der Waals surface area contributed by atoms with E-state index in [4.69, 9.17) is 4.74 Å². The van der Waals surface area contributed by atoms with E-state index in [0.717, 1.165) is 70.7 Å². The molecule has 0 radical (unpaired) electrons. The summed E-state index contributed by atoms with van der Waals surface area (Å²) in [6, 6.07) is 9.96. The van der Waals surface area contributed by atoms with Gasteiger partial charge >= 0.3 is 0 Å². The summed E-state index contributed by atoms with van der Waals surface area (Å²) < 4.78 is 6.26. The van der Waals surface area contributed by atoms with Crippen molar-refractivity contribution in [2.75, 3.05) is 39.3 Å². The number of likely N-dealkylation sites (tertiary alicyclic amines) is 1. The van der Waals surface area contributed by atoms with Gasteiger partial charge < -0.3 is 14.8 Å². The molecule has 2 fully saturated rings. The number of aliphatic hydroxyl groups is 1. The van der Waals surface area contributed by atoms with Gasteiger partial charge in [0.15, 0.2) is 0 Å². The fourth-order valence-electron chi connectivity index (χ4n) is 4.29. The van der Waals surface area contributed by atoms with Crippen LogP contribution < -0.4 is 0 Å². The summed E-state index contributed by atoms with van der Waals surface area (Å²) in [6.45, 7) is 6.69. The Morgan fingerprint density at radius 3 is 2.70 bits per heavy atom. The minimum Gasteiger partial charge on any atom is -0.388 e. The molecule has 4 rings (SSSR count). The number of aromatic amines is 1. The van der Waals surface area contributed by atoms with E-state index in [9.17, 15) is 5.11 Å². The van der Waals surface area contributed by atoms with Crippen LogP contribution in [0.2, 0.25) is 0 Å². The van der Waals surface area contributed by atoms with E-state index in [1.54, 1.807) is 6.33 Å². The molecule has 27 heavy (non-hydrogen) atoms. The largest absolute Gasteiger partial charge is 0.388 e. The molecule has 0 aliphatic carbocycles. The van der Waals surface area contributed by atoms with Crippen molar-refractivity contribution in [1.82, 2.24) is 19.8 Å². The second kappa shape index (κ2) is 8.52. The summed E-state index contributed by atoms with van der Waals surface area (Å²) in [5.41, 5.74) is 2.17. The molecule has 1 aromatic carbocycles. The third kappa shape index (κ3) is 4.76. The molecule has 0 saturated carbocycles. The number of hydrogen-bond acceptors (Lipinski definition) is 5. The number of rotatable bonds is 6. The fourth-order valence-corrected chi connectivity index (χ4v) is 4.29. The molecule has 1 atom stereocenters. The van der Waals surface area contributed by atoms with Crippen molar-refractivity contribution >= 4 is 0 Å². The maximum atomic E-state index is 10.4. The third-order valence-corrected chi connectivity index (χ3v) is 5.95. The molecule has 0 unspecified atom stereocenters. The maximum Gasteiger partial charge on any atom is 0.0922 e. The van der Waals surface area contributed by atoms with Crippen LogP contribution in [0.5, 0.6) is 0 Å². The van der Waals surface area contributed by atoms with Crippen LogP contribution in [0.1, 0.15) is 36.6 Å². The number of imidazole rings is 1. The average Bonchev–Trinajstić information content (AvgIpc) is 3.22. The lowest BCUT2D eigenvalue weighted by Gasteiger charge is -2.47. The average molecular weight is 370 g/mol. The van der Waals surface area contributed by atoms with Gasteiger partial charge in [-0.25, -0.2) is 4.98 Å². The van der Waals surface area contributed by atoms with Gasteiger partial charge in [-0.1, -0.05) is 30.3 Å². The first-order chi connectivity index (χ1) is 13.2. The molecular weight excluding hydrogens is 340 g/mol. The van der Waals surface area contributed by atoms with E-state index in [2.05, 4.69) is 19.8 Å². The number of nitrogens with one attached hydrogen (secondary N) is 1. The SMILES string of the molecule is O[C@H](CCN1CCOC2(CCN(Cc3cnc[nH]3)CC2)C1)c1ccccc1. The molecule has 146 valence electrons. The van der Waals surface area contributed by atoms with Gasteiger partial charge in [-0.05, 0) is 24.8 Å². The van der Waals surface area contributed by atoms with Crippen molar-refractivity contribution in [3.63, 3.8) is 0 Å². The van der Waals surface area contributed by atoms with E-state index < -0.39 is 0 Å². The number of benzene rings is 1. The number of nitrogens with zero attached hydrogens (tertiary/aromatic N) is 3. The molecule has 2 saturated heterocycles. The predicted molar refractivity (Wildman–Crippen MR) is 104 cm³/mol. The molecule has 0 bridgehead atoms. The highest BCUT2D eigenvalue weighted by atomic mass is 16.5. The predicted octanol–water partition coefficient (Wildman–Crippen LogP) is 2.20. The summed E-state index contributed by atoms with van der Waals surface area (Å²) in [5, 5.41) is 10.4. The number of hydrogen-bond donors (Lipinski definition) is 2. The Labute approximate surface area is 161 Å². The van der Waals surface area contributed by atoms with Crippen LogP contribution >= 0.6 is 0 Å². The van der Waals surface area contributed by atoms with Crippen molar-refractivity contribution in [3.8, 4) is 0 Å². The van der Waals surface area contributed by atoms with Crippen LogP contribution in [0.25, 0.3) is 0 Å². The smallest absolute Gasteiger partial charge is 0.0922 e. The Hall–Kier alpha value is -1.73. The maximum absolute atomic E-state index is 10.4. The van der Waals surface area contributed by atoms with Crippen molar-refractivity contribution in [2.45, 2.75) is 37.5 Å². The van der Waals surface area contributed by atoms with Crippen LogP contribution in [0.4, 0.5) is 0 Å². The van der Waals surface area contributed by atoms with Gasteiger partial charge in [0, 0.05) is 51.2 Å². The summed E-state index contributed by atoms with van der Waals surface area (Å²) >= 11 is 0. The number of aromatic nitrogens is 2. The van der Waals surface area contributed by atoms with Gasteiger partial charge in [0.25, 0.3) is 0 Å². The van der Waals surface area contributed by atoms with Gasteiger partial charge in [-0.3, -0.25) is 9.80 Å². The van der Waals surface area contributed by atoms with Crippen LogP contribution in [0, 0.1) is 0 Å². The Bertz CT molecular complexity index is 683. The second-order valence-electron chi connectivity index (χ2n) is 7.88. The minimum atomic E-state index is -0.388. The zero-order valence-electron chi connectivity index (χ0n) is 15.9. The molecular formula is C21H30N4O2. The Morgan fingerprint density at radius 1 is 1.15 bits per heavy atom. The standard InChI is InChI=1S/C21H30N4O2/c26-20(18-4-2-1-3-5-18)6-9-25-12-13-27-21(16-25)7-10-24(11-8-21)15-19-14-22-17-23-19/h1-5,14,17,20,26H,6-13,15-16H2,(H,22,23)/t20-/m1/s1. The first-order valence-corrected chi connectivity index (χ1v) is 10.0. The van der Waals surface area contributed by atoms with Crippen molar-refractivity contribution in [2.24, 2.45) is 0 Å². The number of ether oxygens (including phenoxy) is 1. The number of aliphatic hydroxyl groups excluding tert-OH is 1. The van der Waals surface area contributed by atoms with Gasteiger partial charge in [0.2, 0.25) is 0 Å². The molecule has 2 aliphatic rings.